The highest BCUT2D eigenvalue weighted by atomic mass is 127. The monoisotopic (exact) mass is 399 g/mol. The fourth-order valence-corrected chi connectivity index (χ4v) is 2.06. The summed E-state index contributed by atoms with van der Waals surface area (Å²) in [5.74, 6) is 0.874. The van der Waals surface area contributed by atoms with Crippen LogP contribution in [0.25, 0.3) is 0 Å². The number of rotatable bonds is 4. The molecule has 1 aromatic carbocycles. The number of hydrogen-bond acceptors (Lipinski definition) is 2. The lowest BCUT2D eigenvalue weighted by atomic mass is 10.1. The van der Waals surface area contributed by atoms with Crippen LogP contribution in [0.5, 0.6) is 0 Å². The van der Waals surface area contributed by atoms with Crippen molar-refractivity contribution in [2.75, 3.05) is 21.1 Å². The van der Waals surface area contributed by atoms with Crippen LogP contribution in [-0.4, -0.2) is 41.8 Å². The number of aromatic nitrogens is 2. The van der Waals surface area contributed by atoms with E-state index in [1.54, 1.807) is 13.2 Å². The topological polar surface area (TPSA) is 45.5 Å². The maximum absolute atomic E-state index is 4.26. The zero-order valence-corrected chi connectivity index (χ0v) is 15.0. The van der Waals surface area contributed by atoms with Crippen LogP contribution in [0.1, 0.15) is 11.1 Å². The van der Waals surface area contributed by atoms with Crippen LogP contribution in [0.4, 0.5) is 0 Å². The molecular formula is C15H22IN5. The number of aliphatic imine (C=N–C) groups is 1. The molecule has 0 aliphatic rings. The highest BCUT2D eigenvalue weighted by molar-refractivity contribution is 14.0. The molecule has 2 aromatic rings. The Hall–Kier alpha value is -1.57. The van der Waals surface area contributed by atoms with Crippen LogP contribution in [0.2, 0.25) is 0 Å². The van der Waals surface area contributed by atoms with E-state index in [0.717, 1.165) is 19.0 Å². The Morgan fingerprint density at radius 2 is 1.95 bits per heavy atom. The molecule has 0 spiro atoms. The molecule has 0 bridgehead atoms. The summed E-state index contributed by atoms with van der Waals surface area (Å²) in [5.41, 5.74) is 2.52. The fourth-order valence-electron chi connectivity index (χ4n) is 2.06. The Morgan fingerprint density at radius 3 is 2.52 bits per heavy atom. The second-order valence-electron chi connectivity index (χ2n) is 4.77. The molecule has 0 radical (unpaired) electrons. The number of guanidine groups is 1. The third kappa shape index (κ3) is 5.04. The Labute approximate surface area is 143 Å². The van der Waals surface area contributed by atoms with Crippen molar-refractivity contribution in [2.24, 2.45) is 4.99 Å². The molecule has 1 aromatic heterocycles. The minimum Gasteiger partial charge on any atom is -0.352 e. The first-order chi connectivity index (χ1) is 9.70. The van der Waals surface area contributed by atoms with Crippen molar-refractivity contribution in [1.29, 1.82) is 0 Å². The van der Waals surface area contributed by atoms with Gasteiger partial charge in [0.25, 0.3) is 0 Å². The second kappa shape index (κ2) is 8.66. The summed E-state index contributed by atoms with van der Waals surface area (Å²) >= 11 is 0. The summed E-state index contributed by atoms with van der Waals surface area (Å²) in [4.78, 5) is 6.19. The predicted octanol–water partition coefficient (Wildman–Crippen LogP) is 2.19. The molecule has 1 heterocycles. The van der Waals surface area contributed by atoms with Gasteiger partial charge in [0.05, 0.1) is 6.54 Å². The zero-order chi connectivity index (χ0) is 14.4. The van der Waals surface area contributed by atoms with E-state index in [1.165, 1.54) is 11.1 Å². The summed E-state index contributed by atoms with van der Waals surface area (Å²) in [6, 6.07) is 10.3. The van der Waals surface area contributed by atoms with Gasteiger partial charge in [0, 0.05) is 40.1 Å². The minimum atomic E-state index is 0. The summed E-state index contributed by atoms with van der Waals surface area (Å²) in [7, 11) is 5.74. The molecule has 0 saturated heterocycles. The Balaban J connectivity index is 0.00000220. The van der Waals surface area contributed by atoms with Crippen molar-refractivity contribution in [3.05, 3.63) is 53.9 Å². The third-order valence-electron chi connectivity index (χ3n) is 3.08. The highest BCUT2D eigenvalue weighted by Crippen LogP contribution is 2.10. The van der Waals surface area contributed by atoms with E-state index in [0.29, 0.717) is 0 Å². The van der Waals surface area contributed by atoms with Gasteiger partial charge in [0.2, 0.25) is 0 Å². The predicted molar refractivity (Wildman–Crippen MR) is 97.1 cm³/mol. The average Bonchev–Trinajstić information content (AvgIpc) is 2.94. The maximum atomic E-state index is 4.26. The van der Waals surface area contributed by atoms with Crippen LogP contribution in [0.15, 0.2) is 47.7 Å². The highest BCUT2D eigenvalue weighted by Gasteiger charge is 2.05. The van der Waals surface area contributed by atoms with Crippen LogP contribution in [-0.2, 0) is 13.1 Å². The standard InChI is InChI=1S/C15H21N5.HI/c1-16-15(19(2)3)17-11-13-7-4-5-8-14(13)12-20-10-6-9-18-20;/h4-10H,11-12H2,1-3H3,(H,16,17);1H. The number of halogens is 1. The number of nitrogens with one attached hydrogen (secondary N) is 1. The van der Waals surface area contributed by atoms with Crippen molar-refractivity contribution in [3.8, 4) is 0 Å². The smallest absolute Gasteiger partial charge is 0.193 e. The first-order valence-electron chi connectivity index (χ1n) is 6.63. The van der Waals surface area contributed by atoms with Crippen LogP contribution >= 0.6 is 24.0 Å². The Kier molecular flexibility index (Phi) is 7.21. The van der Waals surface area contributed by atoms with E-state index in [-0.39, 0.29) is 24.0 Å². The summed E-state index contributed by atoms with van der Waals surface area (Å²) < 4.78 is 1.93. The molecule has 2 rings (SSSR count). The van der Waals surface area contributed by atoms with Gasteiger partial charge in [-0.25, -0.2) is 0 Å². The summed E-state index contributed by atoms with van der Waals surface area (Å²) in [5, 5.41) is 7.61. The Morgan fingerprint density at radius 1 is 1.24 bits per heavy atom. The fraction of sp³-hybridized carbons (Fsp3) is 0.333. The number of benzene rings is 1. The molecule has 0 amide bonds. The quantitative estimate of drug-likeness (QED) is 0.487. The van der Waals surface area contributed by atoms with Gasteiger partial charge in [-0.15, -0.1) is 24.0 Å². The molecule has 5 nitrogen and oxygen atoms in total. The molecule has 0 saturated carbocycles. The average molecular weight is 399 g/mol. The van der Waals surface area contributed by atoms with Gasteiger partial charge in [0.1, 0.15) is 0 Å². The van der Waals surface area contributed by atoms with Crippen molar-refractivity contribution >= 4 is 29.9 Å². The minimum absolute atomic E-state index is 0. The molecule has 0 atom stereocenters. The van der Waals surface area contributed by atoms with Crippen molar-refractivity contribution in [1.82, 2.24) is 20.0 Å². The SMILES string of the molecule is CN=C(NCc1ccccc1Cn1cccn1)N(C)C.I. The molecule has 0 fully saturated rings. The maximum Gasteiger partial charge on any atom is 0.193 e. The van der Waals surface area contributed by atoms with Gasteiger partial charge in [-0.3, -0.25) is 9.67 Å². The third-order valence-corrected chi connectivity index (χ3v) is 3.08. The molecular weight excluding hydrogens is 377 g/mol. The van der Waals surface area contributed by atoms with Gasteiger partial charge >= 0.3 is 0 Å². The lowest BCUT2D eigenvalue weighted by Crippen LogP contribution is -2.36. The molecule has 0 aliphatic carbocycles. The molecule has 21 heavy (non-hydrogen) atoms. The molecule has 0 aliphatic heterocycles. The van der Waals surface area contributed by atoms with E-state index in [2.05, 4.69) is 39.7 Å². The van der Waals surface area contributed by atoms with Crippen molar-refractivity contribution in [2.45, 2.75) is 13.1 Å². The van der Waals surface area contributed by atoms with E-state index in [9.17, 15) is 0 Å². The van der Waals surface area contributed by atoms with Crippen molar-refractivity contribution < 1.29 is 0 Å². The normalized spacial score (nSPS) is 10.9. The van der Waals surface area contributed by atoms with Crippen LogP contribution < -0.4 is 5.32 Å². The van der Waals surface area contributed by atoms with Crippen LogP contribution in [0.3, 0.4) is 0 Å². The lowest BCUT2D eigenvalue weighted by Gasteiger charge is -2.18. The first kappa shape index (κ1) is 17.5. The van der Waals surface area contributed by atoms with Gasteiger partial charge in [-0.05, 0) is 17.2 Å². The van der Waals surface area contributed by atoms with E-state index in [1.807, 2.05) is 35.9 Å². The molecule has 6 heteroatoms. The van der Waals surface area contributed by atoms with Gasteiger partial charge in [-0.1, -0.05) is 24.3 Å². The number of nitrogens with zero attached hydrogens (tertiary/aromatic N) is 4. The molecule has 1 N–H and O–H groups in total. The first-order valence-corrected chi connectivity index (χ1v) is 6.63. The zero-order valence-electron chi connectivity index (χ0n) is 12.7. The van der Waals surface area contributed by atoms with E-state index >= 15 is 0 Å². The van der Waals surface area contributed by atoms with E-state index < -0.39 is 0 Å². The van der Waals surface area contributed by atoms with Crippen LogP contribution in [0, 0.1) is 0 Å². The van der Waals surface area contributed by atoms with Crippen molar-refractivity contribution in [3.63, 3.8) is 0 Å². The lowest BCUT2D eigenvalue weighted by molar-refractivity contribution is 0.581. The Bertz CT molecular complexity index is 563. The summed E-state index contributed by atoms with van der Waals surface area (Å²) in [6.07, 6.45) is 3.78. The molecule has 114 valence electrons. The number of hydrogen-bond donors (Lipinski definition) is 1. The van der Waals surface area contributed by atoms with E-state index in [4.69, 9.17) is 0 Å². The largest absolute Gasteiger partial charge is 0.352 e. The van der Waals surface area contributed by atoms with Gasteiger partial charge < -0.3 is 10.2 Å². The molecule has 0 unspecified atom stereocenters. The second-order valence-corrected chi connectivity index (χ2v) is 4.77. The summed E-state index contributed by atoms with van der Waals surface area (Å²) in [6.45, 7) is 1.54. The van der Waals surface area contributed by atoms with Gasteiger partial charge in [-0.2, -0.15) is 5.10 Å². The van der Waals surface area contributed by atoms with Gasteiger partial charge in [0.15, 0.2) is 5.96 Å².